The fourth-order valence-electron chi connectivity index (χ4n) is 3.33. The topological polar surface area (TPSA) is 37.3 Å². The van der Waals surface area contributed by atoms with Crippen molar-refractivity contribution in [1.29, 1.82) is 0 Å². The second-order valence-electron chi connectivity index (χ2n) is 6.44. The van der Waals surface area contributed by atoms with Crippen molar-refractivity contribution < 1.29 is 9.90 Å². The van der Waals surface area contributed by atoms with Crippen LogP contribution in [0.5, 0.6) is 0 Å². The van der Waals surface area contributed by atoms with Crippen molar-refractivity contribution in [2.45, 2.75) is 46.0 Å². The van der Waals surface area contributed by atoms with E-state index < -0.39 is 11.4 Å². The number of aliphatic carboxylic acids is 1. The second-order valence-corrected chi connectivity index (χ2v) is 7.29. The van der Waals surface area contributed by atoms with Gasteiger partial charge >= 0.3 is 5.97 Å². The molecule has 1 N–H and O–H groups in total. The first-order valence-electron chi connectivity index (χ1n) is 7.41. The molecule has 1 aliphatic rings. The Labute approximate surface area is 129 Å². The molecule has 0 spiro atoms. The van der Waals surface area contributed by atoms with Gasteiger partial charge in [-0.3, -0.25) is 4.79 Å². The van der Waals surface area contributed by atoms with Crippen molar-refractivity contribution in [3.63, 3.8) is 0 Å². The first kappa shape index (κ1) is 15.6. The lowest BCUT2D eigenvalue weighted by molar-refractivity contribution is -0.151. The maximum Gasteiger partial charge on any atom is 0.309 e. The summed E-state index contributed by atoms with van der Waals surface area (Å²) >= 11 is 3.54. The molecule has 1 aromatic carbocycles. The molecule has 20 heavy (non-hydrogen) atoms. The van der Waals surface area contributed by atoms with Gasteiger partial charge in [0.1, 0.15) is 0 Å². The smallest absolute Gasteiger partial charge is 0.309 e. The predicted molar refractivity (Wildman–Crippen MR) is 84.7 cm³/mol. The molecule has 0 heterocycles. The van der Waals surface area contributed by atoms with Gasteiger partial charge in [-0.25, -0.2) is 0 Å². The third kappa shape index (κ3) is 3.25. The van der Waals surface area contributed by atoms with E-state index in [1.807, 2.05) is 24.3 Å². The van der Waals surface area contributed by atoms with Gasteiger partial charge in [0.05, 0.1) is 5.41 Å². The van der Waals surface area contributed by atoms with Crippen LogP contribution in [-0.2, 0) is 11.2 Å². The van der Waals surface area contributed by atoms with Crippen molar-refractivity contribution in [1.82, 2.24) is 0 Å². The number of hydrogen-bond acceptors (Lipinski definition) is 1. The van der Waals surface area contributed by atoms with Gasteiger partial charge in [-0.05, 0) is 55.6 Å². The van der Waals surface area contributed by atoms with Gasteiger partial charge in [0.15, 0.2) is 0 Å². The fraction of sp³-hybridized carbons (Fsp3) is 0.588. The van der Waals surface area contributed by atoms with E-state index in [2.05, 4.69) is 29.8 Å². The molecule has 0 aromatic heterocycles. The lowest BCUT2D eigenvalue weighted by Crippen LogP contribution is -2.38. The van der Waals surface area contributed by atoms with Crippen LogP contribution >= 0.6 is 15.9 Å². The standard InChI is InChI=1S/C17H23BrO2/c1-12(2)13-7-9-17(10-8-13,16(19)20)11-14-5-3-4-6-15(14)18/h3-6,12-13H,7-11H2,1-2H3,(H,19,20). The molecule has 0 radical (unpaired) electrons. The number of hydrogen-bond donors (Lipinski definition) is 1. The largest absolute Gasteiger partial charge is 0.481 e. The Morgan fingerprint density at radius 3 is 2.45 bits per heavy atom. The summed E-state index contributed by atoms with van der Waals surface area (Å²) < 4.78 is 1.02. The van der Waals surface area contributed by atoms with Crippen molar-refractivity contribution >= 4 is 21.9 Å². The molecule has 1 saturated carbocycles. The third-order valence-electron chi connectivity index (χ3n) is 4.87. The number of carboxylic acids is 1. The van der Waals surface area contributed by atoms with E-state index in [1.165, 1.54) is 0 Å². The SMILES string of the molecule is CC(C)C1CCC(Cc2ccccc2Br)(C(=O)O)CC1. The minimum Gasteiger partial charge on any atom is -0.481 e. The number of halogens is 1. The Kier molecular flexibility index (Phi) is 4.90. The summed E-state index contributed by atoms with van der Waals surface area (Å²) in [5, 5.41) is 9.75. The molecule has 2 nitrogen and oxygen atoms in total. The zero-order valence-electron chi connectivity index (χ0n) is 12.2. The minimum absolute atomic E-state index is 0.574. The monoisotopic (exact) mass is 338 g/mol. The summed E-state index contributed by atoms with van der Waals surface area (Å²) in [6.07, 6.45) is 4.30. The third-order valence-corrected chi connectivity index (χ3v) is 5.64. The lowest BCUT2D eigenvalue weighted by atomic mass is 9.65. The summed E-state index contributed by atoms with van der Waals surface area (Å²) in [7, 11) is 0. The molecular weight excluding hydrogens is 316 g/mol. The van der Waals surface area contributed by atoms with Crippen LogP contribution < -0.4 is 0 Å². The lowest BCUT2D eigenvalue weighted by Gasteiger charge is -2.38. The van der Waals surface area contributed by atoms with Crippen LogP contribution in [0.3, 0.4) is 0 Å². The van der Waals surface area contributed by atoms with Gasteiger partial charge in [0.25, 0.3) is 0 Å². The quantitative estimate of drug-likeness (QED) is 0.846. The first-order valence-corrected chi connectivity index (χ1v) is 8.21. The number of carbonyl (C=O) groups is 1. The molecule has 3 heteroatoms. The van der Waals surface area contributed by atoms with Crippen LogP contribution in [0, 0.1) is 17.3 Å². The van der Waals surface area contributed by atoms with Gasteiger partial charge in [0, 0.05) is 4.47 Å². The summed E-state index contributed by atoms with van der Waals surface area (Å²) in [5.74, 6) is 0.711. The summed E-state index contributed by atoms with van der Waals surface area (Å²) in [6, 6.07) is 7.97. The van der Waals surface area contributed by atoms with E-state index >= 15 is 0 Å². The Morgan fingerprint density at radius 2 is 1.95 bits per heavy atom. The first-order chi connectivity index (χ1) is 9.44. The number of rotatable bonds is 4. The van der Waals surface area contributed by atoms with Crippen molar-refractivity contribution in [2.75, 3.05) is 0 Å². The Hall–Kier alpha value is -0.830. The van der Waals surface area contributed by atoms with E-state index in [9.17, 15) is 9.90 Å². The predicted octanol–water partition coefficient (Wildman–Crippen LogP) is 4.91. The van der Waals surface area contributed by atoms with Crippen LogP contribution in [0.25, 0.3) is 0 Å². The zero-order valence-corrected chi connectivity index (χ0v) is 13.8. The maximum absolute atomic E-state index is 11.9. The molecule has 0 aliphatic heterocycles. The average Bonchev–Trinajstić information content (AvgIpc) is 2.42. The van der Waals surface area contributed by atoms with E-state index in [0.717, 1.165) is 35.7 Å². The van der Waals surface area contributed by atoms with Crippen LogP contribution in [0.2, 0.25) is 0 Å². The normalized spacial score (nSPS) is 26.7. The highest BCUT2D eigenvalue weighted by Crippen LogP contribution is 2.44. The molecule has 0 saturated heterocycles. The summed E-state index contributed by atoms with van der Waals surface area (Å²) in [5.41, 5.74) is 0.535. The average molecular weight is 339 g/mol. The fourth-order valence-corrected chi connectivity index (χ4v) is 3.76. The molecule has 1 aliphatic carbocycles. The van der Waals surface area contributed by atoms with Gasteiger partial charge in [-0.1, -0.05) is 48.0 Å². The Bertz CT molecular complexity index is 474. The molecule has 0 amide bonds. The molecular formula is C17H23BrO2. The van der Waals surface area contributed by atoms with Crippen molar-refractivity contribution in [3.8, 4) is 0 Å². The van der Waals surface area contributed by atoms with Crippen LogP contribution in [0.15, 0.2) is 28.7 Å². The number of carboxylic acid groups (broad SMARTS) is 1. The molecule has 2 rings (SSSR count). The molecule has 0 bridgehead atoms. The molecule has 0 unspecified atom stereocenters. The molecule has 1 fully saturated rings. The van der Waals surface area contributed by atoms with E-state index in [-0.39, 0.29) is 0 Å². The van der Waals surface area contributed by atoms with Crippen LogP contribution in [-0.4, -0.2) is 11.1 Å². The maximum atomic E-state index is 11.9. The van der Waals surface area contributed by atoms with Gasteiger partial charge in [0.2, 0.25) is 0 Å². The van der Waals surface area contributed by atoms with Gasteiger partial charge < -0.3 is 5.11 Å². The van der Waals surface area contributed by atoms with Crippen LogP contribution in [0.4, 0.5) is 0 Å². The van der Waals surface area contributed by atoms with Crippen molar-refractivity contribution in [3.05, 3.63) is 34.3 Å². The van der Waals surface area contributed by atoms with E-state index in [0.29, 0.717) is 18.3 Å². The Balaban J connectivity index is 2.16. The van der Waals surface area contributed by atoms with E-state index in [4.69, 9.17) is 0 Å². The van der Waals surface area contributed by atoms with Gasteiger partial charge in [-0.15, -0.1) is 0 Å². The zero-order chi connectivity index (χ0) is 14.8. The number of benzene rings is 1. The highest BCUT2D eigenvalue weighted by molar-refractivity contribution is 9.10. The highest BCUT2D eigenvalue weighted by Gasteiger charge is 2.42. The summed E-state index contributed by atoms with van der Waals surface area (Å²) in [6.45, 7) is 4.48. The van der Waals surface area contributed by atoms with Crippen LogP contribution in [0.1, 0.15) is 45.1 Å². The minimum atomic E-state index is -0.629. The van der Waals surface area contributed by atoms with E-state index in [1.54, 1.807) is 0 Å². The van der Waals surface area contributed by atoms with Crippen molar-refractivity contribution in [2.24, 2.45) is 17.3 Å². The molecule has 0 atom stereocenters. The highest BCUT2D eigenvalue weighted by atomic mass is 79.9. The second kappa shape index (κ2) is 6.30. The van der Waals surface area contributed by atoms with Gasteiger partial charge in [-0.2, -0.15) is 0 Å². The molecule has 1 aromatic rings. The molecule has 110 valence electrons. The Morgan fingerprint density at radius 1 is 1.35 bits per heavy atom. The summed E-state index contributed by atoms with van der Waals surface area (Å²) in [4.78, 5) is 11.9.